The molecule has 0 bridgehead atoms. The largest absolute Gasteiger partial charge is 0.497 e. The number of anilines is 3. The molecule has 3 rings (SSSR count). The average molecular weight is 454 g/mol. The lowest BCUT2D eigenvalue weighted by molar-refractivity contribution is -0.113. The highest BCUT2D eigenvalue weighted by atomic mass is 32.2. The number of rotatable bonds is 8. The van der Waals surface area contributed by atoms with Crippen LogP contribution >= 0.6 is 24.0 Å². The first-order valence-corrected chi connectivity index (χ1v) is 10.8. The fourth-order valence-corrected chi connectivity index (χ4v) is 3.61. The Balaban J connectivity index is 1.48. The van der Waals surface area contributed by atoms with Gasteiger partial charge in [0.25, 0.3) is 0 Å². The fourth-order valence-electron chi connectivity index (χ4n) is 2.67. The summed E-state index contributed by atoms with van der Waals surface area (Å²) in [4.78, 5) is 13.3. The van der Waals surface area contributed by atoms with Gasteiger partial charge in [-0.3, -0.25) is 4.79 Å². The second-order valence-electron chi connectivity index (χ2n) is 6.41. The quantitative estimate of drug-likeness (QED) is 0.318. The minimum atomic E-state index is -0.115. The topological polar surface area (TPSA) is 71.6 Å². The van der Waals surface area contributed by atoms with Gasteiger partial charge in [-0.05, 0) is 48.6 Å². The highest BCUT2D eigenvalue weighted by Gasteiger charge is 2.07. The van der Waals surface area contributed by atoms with E-state index in [1.165, 1.54) is 11.8 Å². The molecule has 0 aliphatic carbocycles. The van der Waals surface area contributed by atoms with E-state index in [0.29, 0.717) is 22.3 Å². The lowest BCUT2D eigenvalue weighted by Gasteiger charge is -2.11. The van der Waals surface area contributed by atoms with E-state index >= 15 is 0 Å². The first-order valence-electron chi connectivity index (χ1n) is 9.44. The van der Waals surface area contributed by atoms with E-state index in [4.69, 9.17) is 21.7 Å². The molecule has 31 heavy (non-hydrogen) atoms. The molecule has 0 radical (unpaired) electrons. The van der Waals surface area contributed by atoms with E-state index in [9.17, 15) is 4.79 Å². The van der Waals surface area contributed by atoms with Crippen LogP contribution in [0.2, 0.25) is 0 Å². The highest BCUT2D eigenvalue weighted by Crippen LogP contribution is 2.26. The highest BCUT2D eigenvalue weighted by molar-refractivity contribution is 8.00. The molecule has 0 aliphatic rings. The van der Waals surface area contributed by atoms with Crippen molar-refractivity contribution in [2.24, 2.45) is 0 Å². The molecule has 160 valence electrons. The summed E-state index contributed by atoms with van der Waals surface area (Å²) in [6.07, 6.45) is 0. The van der Waals surface area contributed by atoms with Gasteiger partial charge in [0, 0.05) is 40.2 Å². The third-order valence-electron chi connectivity index (χ3n) is 4.15. The van der Waals surface area contributed by atoms with Gasteiger partial charge < -0.3 is 25.4 Å². The summed E-state index contributed by atoms with van der Waals surface area (Å²) in [5.41, 5.74) is 2.42. The Morgan fingerprint density at radius 2 is 1.39 bits per heavy atom. The number of amides is 1. The first kappa shape index (κ1) is 22.5. The zero-order valence-electron chi connectivity index (χ0n) is 17.2. The molecule has 8 heteroatoms. The Bertz CT molecular complexity index is 1010. The van der Waals surface area contributed by atoms with Crippen LogP contribution in [-0.2, 0) is 4.79 Å². The van der Waals surface area contributed by atoms with Gasteiger partial charge in [-0.25, -0.2) is 0 Å². The minimum Gasteiger partial charge on any atom is -0.497 e. The molecule has 3 aromatic rings. The minimum absolute atomic E-state index is 0.115. The van der Waals surface area contributed by atoms with Gasteiger partial charge in [-0.15, -0.1) is 11.8 Å². The van der Waals surface area contributed by atoms with Crippen molar-refractivity contribution < 1.29 is 14.3 Å². The molecule has 0 saturated carbocycles. The van der Waals surface area contributed by atoms with Gasteiger partial charge >= 0.3 is 0 Å². The SMILES string of the molecule is COc1cc(NC(=O)CSc2ccc(NC(=S)Nc3ccccc3)cc2)cc(OC)c1. The number of hydrogen-bond acceptors (Lipinski definition) is 5. The van der Waals surface area contributed by atoms with Crippen molar-refractivity contribution in [1.29, 1.82) is 0 Å². The number of nitrogens with one attached hydrogen (secondary N) is 3. The lowest BCUT2D eigenvalue weighted by atomic mass is 10.2. The van der Waals surface area contributed by atoms with E-state index in [1.54, 1.807) is 32.4 Å². The second-order valence-corrected chi connectivity index (χ2v) is 7.86. The number of methoxy groups -OCH3 is 2. The smallest absolute Gasteiger partial charge is 0.234 e. The number of thiocarbonyl (C=S) groups is 1. The van der Waals surface area contributed by atoms with Crippen molar-refractivity contribution >= 4 is 52.1 Å². The van der Waals surface area contributed by atoms with E-state index in [0.717, 1.165) is 16.3 Å². The van der Waals surface area contributed by atoms with Crippen molar-refractivity contribution in [2.45, 2.75) is 4.90 Å². The van der Waals surface area contributed by atoms with E-state index in [1.807, 2.05) is 54.6 Å². The molecular weight excluding hydrogens is 430 g/mol. The van der Waals surface area contributed by atoms with Gasteiger partial charge in [0.05, 0.1) is 20.0 Å². The predicted octanol–water partition coefficient (Wildman–Crippen LogP) is 5.24. The van der Waals surface area contributed by atoms with Crippen LogP contribution in [0.15, 0.2) is 77.7 Å². The average Bonchev–Trinajstić information content (AvgIpc) is 2.79. The van der Waals surface area contributed by atoms with Gasteiger partial charge in [0.1, 0.15) is 11.5 Å². The van der Waals surface area contributed by atoms with Crippen LogP contribution in [0.3, 0.4) is 0 Å². The summed E-state index contributed by atoms with van der Waals surface area (Å²) in [6, 6.07) is 22.7. The number of benzene rings is 3. The molecule has 3 aromatic carbocycles. The number of thioether (sulfide) groups is 1. The van der Waals surface area contributed by atoms with E-state index in [2.05, 4.69) is 16.0 Å². The molecule has 0 spiro atoms. The molecule has 0 atom stereocenters. The summed E-state index contributed by atoms with van der Waals surface area (Å²) in [5, 5.41) is 9.65. The number of carbonyl (C=O) groups excluding carboxylic acids is 1. The molecule has 3 N–H and O–H groups in total. The zero-order chi connectivity index (χ0) is 22.1. The normalized spacial score (nSPS) is 10.1. The molecule has 0 unspecified atom stereocenters. The maximum absolute atomic E-state index is 12.3. The van der Waals surface area contributed by atoms with Crippen LogP contribution in [0, 0.1) is 0 Å². The third-order valence-corrected chi connectivity index (χ3v) is 5.37. The van der Waals surface area contributed by atoms with Gasteiger partial charge in [0.15, 0.2) is 5.11 Å². The van der Waals surface area contributed by atoms with Crippen LogP contribution in [0.1, 0.15) is 0 Å². The van der Waals surface area contributed by atoms with Crippen LogP contribution in [-0.4, -0.2) is 31.0 Å². The van der Waals surface area contributed by atoms with Crippen LogP contribution in [0.4, 0.5) is 17.1 Å². The monoisotopic (exact) mass is 453 g/mol. The van der Waals surface area contributed by atoms with Crippen LogP contribution < -0.4 is 25.4 Å². The van der Waals surface area contributed by atoms with Crippen molar-refractivity contribution in [2.75, 3.05) is 35.9 Å². The van der Waals surface area contributed by atoms with Crippen LogP contribution in [0.5, 0.6) is 11.5 Å². The first-order chi connectivity index (χ1) is 15.1. The van der Waals surface area contributed by atoms with Gasteiger partial charge in [-0.2, -0.15) is 0 Å². The Morgan fingerprint density at radius 3 is 1.97 bits per heavy atom. The Morgan fingerprint density at radius 1 is 0.806 bits per heavy atom. The standard InChI is InChI=1S/C23H23N3O3S2/c1-28-19-12-18(13-20(14-19)29-2)24-22(27)15-31-21-10-8-17(9-11-21)26-23(30)25-16-6-4-3-5-7-16/h3-14H,15H2,1-2H3,(H,24,27)(H2,25,26,30). The number of carbonyl (C=O) groups is 1. The van der Waals surface area contributed by atoms with Crippen molar-refractivity contribution in [3.05, 3.63) is 72.8 Å². The molecular formula is C23H23N3O3S2. The Labute approximate surface area is 191 Å². The van der Waals surface area contributed by atoms with Crippen molar-refractivity contribution in [1.82, 2.24) is 0 Å². The van der Waals surface area contributed by atoms with E-state index < -0.39 is 0 Å². The molecule has 6 nitrogen and oxygen atoms in total. The fraction of sp³-hybridized carbons (Fsp3) is 0.130. The van der Waals surface area contributed by atoms with E-state index in [-0.39, 0.29) is 11.7 Å². The molecule has 0 fully saturated rings. The summed E-state index contributed by atoms with van der Waals surface area (Å²) in [5.74, 6) is 1.39. The maximum atomic E-state index is 12.3. The number of hydrogen-bond donors (Lipinski definition) is 3. The van der Waals surface area contributed by atoms with Gasteiger partial charge in [0.2, 0.25) is 5.91 Å². The molecule has 1 amide bonds. The summed E-state index contributed by atoms with van der Waals surface area (Å²) in [6.45, 7) is 0. The van der Waals surface area contributed by atoms with Gasteiger partial charge in [-0.1, -0.05) is 18.2 Å². The zero-order valence-corrected chi connectivity index (χ0v) is 18.8. The molecule has 0 aliphatic heterocycles. The van der Waals surface area contributed by atoms with Crippen LogP contribution in [0.25, 0.3) is 0 Å². The molecule has 0 aromatic heterocycles. The number of para-hydroxylation sites is 1. The summed E-state index contributed by atoms with van der Waals surface area (Å²) in [7, 11) is 3.14. The summed E-state index contributed by atoms with van der Waals surface area (Å²) >= 11 is 6.78. The second kappa shape index (κ2) is 11.2. The van der Waals surface area contributed by atoms with Crippen molar-refractivity contribution in [3.63, 3.8) is 0 Å². The van der Waals surface area contributed by atoms with Crippen molar-refractivity contribution in [3.8, 4) is 11.5 Å². The predicted molar refractivity (Wildman–Crippen MR) is 132 cm³/mol. The number of ether oxygens (including phenoxy) is 2. The maximum Gasteiger partial charge on any atom is 0.234 e. The third kappa shape index (κ3) is 7.20. The Kier molecular flexibility index (Phi) is 8.14. The molecule has 0 saturated heterocycles. The summed E-state index contributed by atoms with van der Waals surface area (Å²) < 4.78 is 10.4. The lowest BCUT2D eigenvalue weighted by Crippen LogP contribution is -2.18. The molecule has 0 heterocycles. The Hall–Kier alpha value is -3.23.